The molecule has 1 fully saturated rings. The van der Waals surface area contributed by atoms with Crippen molar-refractivity contribution in [2.45, 2.75) is 0 Å². The van der Waals surface area contributed by atoms with Gasteiger partial charge >= 0.3 is 0 Å². The van der Waals surface area contributed by atoms with Gasteiger partial charge in [-0.05, 0) is 0 Å². The van der Waals surface area contributed by atoms with Gasteiger partial charge < -0.3 is 0 Å². The quantitative estimate of drug-likeness (QED) is 0.328. The van der Waals surface area contributed by atoms with E-state index >= 15 is 0 Å². The molecule has 3 heteroatoms. The molecule has 0 unspecified atom stereocenters. The highest BCUT2D eigenvalue weighted by Crippen LogP contribution is 2.58. The van der Waals surface area contributed by atoms with Gasteiger partial charge in [0, 0.05) is 12.5 Å². The van der Waals surface area contributed by atoms with E-state index in [1.807, 2.05) is 12.5 Å². The molecule has 5 heavy (non-hydrogen) atoms. The molecule has 0 radical (unpaired) electrons. The molecule has 1 rings (SSSR count). The van der Waals surface area contributed by atoms with E-state index in [4.69, 9.17) is 0 Å². The van der Waals surface area contributed by atoms with Crippen molar-refractivity contribution in [3.63, 3.8) is 0 Å². The van der Waals surface area contributed by atoms with Crippen molar-refractivity contribution < 1.29 is 8.67 Å². The largest absolute Gasteiger partial charge is 0.133 e. The topological polar surface area (TPSA) is 25.1 Å². The smallest absolute Gasteiger partial charge is 0.0323 e. The molecule has 0 aliphatic carbocycles. The molecule has 1 heterocycles. The summed E-state index contributed by atoms with van der Waals surface area (Å²) in [5.74, 6) is 0. The Morgan fingerprint density at radius 3 is 1.40 bits per heavy atom. The highest BCUT2D eigenvalue weighted by Gasteiger charge is 2.25. The van der Waals surface area contributed by atoms with Crippen LogP contribution in [0, 0.1) is 0 Å². The zero-order valence-corrected chi connectivity index (χ0v) is 4.04. The van der Waals surface area contributed by atoms with Crippen molar-refractivity contribution in [3.05, 3.63) is 0 Å². The summed E-state index contributed by atoms with van der Waals surface area (Å²) < 4.78 is 8.96. The second-order valence-corrected chi connectivity index (χ2v) is 3.84. The van der Waals surface area contributed by atoms with Crippen LogP contribution in [0.25, 0.3) is 0 Å². The van der Waals surface area contributed by atoms with Gasteiger partial charge in [-0.1, -0.05) is 0 Å². The van der Waals surface area contributed by atoms with Crippen LogP contribution in [0.5, 0.6) is 0 Å². The number of hydrogen-bond donors (Lipinski definition) is 0. The summed E-state index contributed by atoms with van der Waals surface area (Å²) in [6.45, 7) is 0. The monoisotopic (exact) mass is 94.0 g/mol. The van der Waals surface area contributed by atoms with Crippen molar-refractivity contribution in [1.82, 2.24) is 0 Å². The Morgan fingerprint density at radius 2 is 1.40 bits per heavy atom. The Bertz CT molecular complexity index is 45.6. The third kappa shape index (κ3) is 0.792. The van der Waals surface area contributed by atoms with Gasteiger partial charge in [0.05, 0.1) is 0 Å². The Hall–Kier alpha value is 0.270. The fraction of sp³-hybridized carbons (Fsp3) is 1.00. The van der Waals surface area contributed by atoms with E-state index in [0.29, 0.717) is 0 Å². The first kappa shape index (κ1) is 3.46. The summed E-state index contributed by atoms with van der Waals surface area (Å²) >= 11 is 0. The van der Waals surface area contributed by atoms with Crippen LogP contribution in [0.2, 0.25) is 0 Å². The minimum atomic E-state index is -0.917. The summed E-state index contributed by atoms with van der Waals surface area (Å²) in [6.07, 6.45) is 3.88. The van der Waals surface area contributed by atoms with Crippen LogP contribution < -0.4 is 0 Å². The number of hydrogen-bond acceptors (Lipinski definition) is 2. The first-order chi connectivity index (χ1) is 2.21. The summed E-state index contributed by atoms with van der Waals surface area (Å²) in [5.41, 5.74) is 0. The third-order valence-electron chi connectivity index (χ3n) is 0.340. The van der Waals surface area contributed by atoms with Crippen LogP contribution in [0.3, 0.4) is 0 Å². The molecule has 1 aliphatic rings. The molecule has 0 aromatic rings. The first-order valence-corrected chi connectivity index (χ1v) is 3.62. The van der Waals surface area contributed by atoms with Gasteiger partial charge in [-0.15, -0.1) is 19.3 Å². The summed E-state index contributed by atoms with van der Waals surface area (Å²) in [7, 11) is -0.917. The molecule has 0 spiro atoms. The fourth-order valence-electron chi connectivity index (χ4n) is 0.0556. The van der Waals surface area contributed by atoms with Crippen LogP contribution in [-0.2, 0) is 8.67 Å². The van der Waals surface area contributed by atoms with E-state index < -0.39 is 10.6 Å². The summed E-state index contributed by atoms with van der Waals surface area (Å²) in [6, 6.07) is 0. The van der Waals surface area contributed by atoms with Gasteiger partial charge in [0.1, 0.15) is 0 Å². The van der Waals surface area contributed by atoms with E-state index in [2.05, 4.69) is 8.67 Å². The van der Waals surface area contributed by atoms with Crippen LogP contribution in [0.4, 0.5) is 0 Å². The predicted octanol–water partition coefficient (Wildman–Crippen LogP) is 0.842. The van der Waals surface area contributed by atoms with Crippen molar-refractivity contribution >= 4 is 10.6 Å². The Balaban J connectivity index is 2.38. The molecule has 32 valence electrons. The average molecular weight is 94.1 g/mol. The van der Waals surface area contributed by atoms with Crippen molar-refractivity contribution in [2.24, 2.45) is 0 Å². The lowest BCUT2D eigenvalue weighted by Crippen LogP contribution is -1.59. The van der Waals surface area contributed by atoms with E-state index in [9.17, 15) is 0 Å². The van der Waals surface area contributed by atoms with E-state index in [0.717, 1.165) is 0 Å². The number of rotatable bonds is 0. The van der Waals surface area contributed by atoms with E-state index in [1.54, 1.807) is 0 Å². The van der Waals surface area contributed by atoms with Crippen LogP contribution in [-0.4, -0.2) is 12.5 Å². The molecule has 0 N–H and O–H groups in total. The van der Waals surface area contributed by atoms with Gasteiger partial charge in [0.25, 0.3) is 0 Å². The molecule has 0 amide bonds. The molecule has 0 bridgehead atoms. The Kier molecular flexibility index (Phi) is 0.462. The lowest BCUT2D eigenvalue weighted by molar-refractivity contribution is 0.0850. The SMILES string of the molecule is CS1(C)OO1. The molecule has 0 saturated carbocycles. The second kappa shape index (κ2) is 0.668. The van der Waals surface area contributed by atoms with Gasteiger partial charge in [0.2, 0.25) is 0 Å². The molecule has 0 aromatic heterocycles. The van der Waals surface area contributed by atoms with Crippen molar-refractivity contribution in [1.29, 1.82) is 0 Å². The molecule has 0 atom stereocenters. The van der Waals surface area contributed by atoms with Gasteiger partial charge in [-0.2, -0.15) is 0 Å². The standard InChI is InChI=1S/C2H6O2S/c1-5(2)3-4-5/h1-2H3. The molecule has 2 nitrogen and oxygen atoms in total. The maximum Gasteiger partial charge on any atom is 0.0323 e. The second-order valence-electron chi connectivity index (χ2n) is 1.28. The highest BCUT2D eigenvalue weighted by molar-refractivity contribution is 8.28. The van der Waals surface area contributed by atoms with Gasteiger partial charge in [-0.25, -0.2) is 0 Å². The summed E-state index contributed by atoms with van der Waals surface area (Å²) in [4.78, 5) is 0. The fourth-order valence-corrected chi connectivity index (χ4v) is 0.500. The van der Waals surface area contributed by atoms with Crippen molar-refractivity contribution in [2.75, 3.05) is 12.5 Å². The zero-order valence-electron chi connectivity index (χ0n) is 3.22. The predicted molar refractivity (Wildman–Crippen MR) is 21.6 cm³/mol. The van der Waals surface area contributed by atoms with Crippen LogP contribution in [0.1, 0.15) is 0 Å². The molecular formula is C2H6O2S. The van der Waals surface area contributed by atoms with Crippen LogP contribution in [0.15, 0.2) is 0 Å². The van der Waals surface area contributed by atoms with Crippen molar-refractivity contribution in [3.8, 4) is 0 Å². The minimum Gasteiger partial charge on any atom is -0.133 e. The third-order valence-corrected chi connectivity index (χ3v) is 1.02. The average Bonchev–Trinajstić information content (AvgIpc) is 1.76. The highest BCUT2D eigenvalue weighted by atomic mass is 32.3. The lowest BCUT2D eigenvalue weighted by atomic mass is 11.9. The van der Waals surface area contributed by atoms with Crippen LogP contribution >= 0.6 is 10.6 Å². The molecular weight excluding hydrogens is 88.1 g/mol. The maximum atomic E-state index is 4.48. The molecule has 1 aliphatic heterocycles. The normalized spacial score (nSPS) is 36.4. The Labute approximate surface area is 32.7 Å². The van der Waals surface area contributed by atoms with Gasteiger partial charge in [-0.3, -0.25) is 0 Å². The zero-order chi connectivity index (χ0) is 3.91. The first-order valence-electron chi connectivity index (χ1n) is 1.32. The van der Waals surface area contributed by atoms with Gasteiger partial charge in [0.15, 0.2) is 0 Å². The Morgan fingerprint density at radius 1 is 1.20 bits per heavy atom. The molecule has 1 saturated heterocycles. The van der Waals surface area contributed by atoms with E-state index in [-0.39, 0.29) is 0 Å². The lowest BCUT2D eigenvalue weighted by Gasteiger charge is -1.89. The maximum absolute atomic E-state index is 4.48. The summed E-state index contributed by atoms with van der Waals surface area (Å²) in [5, 5.41) is 0. The molecule has 0 aromatic carbocycles. The van der Waals surface area contributed by atoms with E-state index in [1.165, 1.54) is 0 Å². The minimum absolute atomic E-state index is 0.917.